The number of carbonyl (C=O) groups excluding carboxylic acids is 1. The molecule has 1 aliphatic carbocycles. The highest BCUT2D eigenvalue weighted by Crippen LogP contribution is 2.35. The maximum atomic E-state index is 14.0. The average Bonchev–Trinajstić information content (AvgIpc) is 3.09. The Bertz CT molecular complexity index is 1490. The molecule has 0 fully saturated rings. The predicted octanol–water partition coefficient (Wildman–Crippen LogP) is 6.58. The van der Waals surface area contributed by atoms with Crippen LogP contribution in [0.5, 0.6) is 5.75 Å². The van der Waals surface area contributed by atoms with Crippen molar-refractivity contribution in [3.05, 3.63) is 74.9 Å². The van der Waals surface area contributed by atoms with Crippen LogP contribution in [0.4, 0.5) is 5.69 Å². The molecule has 2 aromatic carbocycles. The van der Waals surface area contributed by atoms with Crippen molar-refractivity contribution >= 4 is 44.9 Å². The molecule has 0 unspecified atom stereocenters. The first-order valence-electron chi connectivity index (χ1n) is 12.7. The summed E-state index contributed by atoms with van der Waals surface area (Å²) in [7, 11) is 1.61. The van der Waals surface area contributed by atoms with E-state index in [0.717, 1.165) is 47.2 Å². The van der Waals surface area contributed by atoms with Gasteiger partial charge in [0.05, 0.1) is 23.9 Å². The van der Waals surface area contributed by atoms with E-state index in [-0.39, 0.29) is 17.2 Å². The van der Waals surface area contributed by atoms with Gasteiger partial charge in [0.1, 0.15) is 10.6 Å². The lowest BCUT2D eigenvalue weighted by atomic mass is 10.0. The highest BCUT2D eigenvalue weighted by molar-refractivity contribution is 7.99. The first-order valence-corrected chi connectivity index (χ1v) is 14.5. The van der Waals surface area contributed by atoms with Gasteiger partial charge in [0, 0.05) is 16.6 Å². The van der Waals surface area contributed by atoms with Crippen LogP contribution < -0.4 is 15.6 Å². The van der Waals surface area contributed by atoms with E-state index in [9.17, 15) is 9.59 Å². The largest absolute Gasteiger partial charge is 0.497 e. The van der Waals surface area contributed by atoms with Crippen LogP contribution in [0.15, 0.2) is 58.5 Å². The van der Waals surface area contributed by atoms with Gasteiger partial charge in [-0.3, -0.25) is 14.2 Å². The standard InChI is InChI=1S/C29H31N3O3S2/c1-18(2)19-12-14-20(15-13-19)30-25(33)17-36-29-31-27-26(23-10-5-4-6-11-24(23)37-27)28(34)32(29)21-8-7-9-22(16-21)35-3/h7-9,12-16,18H,4-6,10-11,17H2,1-3H3,(H,30,33). The molecule has 2 aromatic heterocycles. The molecule has 1 amide bonds. The number of ether oxygens (including phenoxy) is 1. The topological polar surface area (TPSA) is 73.2 Å². The molecule has 5 rings (SSSR count). The van der Waals surface area contributed by atoms with Crippen molar-refractivity contribution < 1.29 is 9.53 Å². The summed E-state index contributed by atoms with van der Waals surface area (Å²) < 4.78 is 7.06. The van der Waals surface area contributed by atoms with E-state index in [2.05, 4.69) is 19.2 Å². The van der Waals surface area contributed by atoms with E-state index in [1.165, 1.54) is 28.6 Å². The lowest BCUT2D eigenvalue weighted by Crippen LogP contribution is -2.23. The predicted molar refractivity (Wildman–Crippen MR) is 153 cm³/mol. The highest BCUT2D eigenvalue weighted by Gasteiger charge is 2.23. The van der Waals surface area contributed by atoms with Gasteiger partial charge in [0.2, 0.25) is 5.91 Å². The maximum absolute atomic E-state index is 14.0. The number of thiophene rings is 1. The van der Waals surface area contributed by atoms with Gasteiger partial charge < -0.3 is 10.1 Å². The summed E-state index contributed by atoms with van der Waals surface area (Å²) in [5, 5.41) is 4.19. The summed E-state index contributed by atoms with van der Waals surface area (Å²) >= 11 is 2.91. The Balaban J connectivity index is 1.49. The monoisotopic (exact) mass is 533 g/mol. The summed E-state index contributed by atoms with van der Waals surface area (Å²) in [6.45, 7) is 4.28. The van der Waals surface area contributed by atoms with Crippen molar-refractivity contribution in [2.45, 2.75) is 57.0 Å². The third kappa shape index (κ3) is 5.45. The van der Waals surface area contributed by atoms with E-state index in [0.29, 0.717) is 22.5 Å². The molecule has 8 heteroatoms. The number of anilines is 1. The Labute approximate surface area is 225 Å². The molecule has 0 saturated heterocycles. The van der Waals surface area contributed by atoms with Gasteiger partial charge in [-0.15, -0.1) is 11.3 Å². The number of thioether (sulfide) groups is 1. The number of methoxy groups -OCH3 is 1. The van der Waals surface area contributed by atoms with Gasteiger partial charge in [-0.25, -0.2) is 4.98 Å². The summed E-state index contributed by atoms with van der Waals surface area (Å²) in [6, 6.07) is 15.3. The summed E-state index contributed by atoms with van der Waals surface area (Å²) in [5.74, 6) is 1.09. The van der Waals surface area contributed by atoms with Crippen LogP contribution in [-0.2, 0) is 17.6 Å². The Morgan fingerprint density at radius 2 is 1.92 bits per heavy atom. The Kier molecular flexibility index (Phi) is 7.67. The Hall–Kier alpha value is -3.10. The number of amides is 1. The lowest BCUT2D eigenvalue weighted by molar-refractivity contribution is -0.113. The van der Waals surface area contributed by atoms with Crippen molar-refractivity contribution in [3.8, 4) is 11.4 Å². The van der Waals surface area contributed by atoms with Crippen LogP contribution in [0.25, 0.3) is 15.9 Å². The first kappa shape index (κ1) is 25.5. The van der Waals surface area contributed by atoms with Crippen molar-refractivity contribution in [3.63, 3.8) is 0 Å². The summed E-state index contributed by atoms with van der Waals surface area (Å²) in [6.07, 6.45) is 5.32. The van der Waals surface area contributed by atoms with Crippen molar-refractivity contribution in [1.82, 2.24) is 9.55 Å². The summed E-state index contributed by atoms with van der Waals surface area (Å²) in [5.41, 5.74) is 3.74. The van der Waals surface area contributed by atoms with Gasteiger partial charge in [-0.2, -0.15) is 0 Å². The molecule has 0 saturated carbocycles. The number of hydrogen-bond acceptors (Lipinski definition) is 6. The molecular weight excluding hydrogens is 502 g/mol. The van der Waals surface area contributed by atoms with Crippen LogP contribution in [0, 0.1) is 0 Å². The maximum Gasteiger partial charge on any atom is 0.267 e. The van der Waals surface area contributed by atoms with Crippen molar-refractivity contribution in [1.29, 1.82) is 0 Å². The van der Waals surface area contributed by atoms with Crippen LogP contribution in [0.2, 0.25) is 0 Å². The number of aryl methyl sites for hydroxylation is 2. The zero-order chi connectivity index (χ0) is 25.9. The molecule has 0 atom stereocenters. The fourth-order valence-corrected chi connectivity index (χ4v) is 6.83. The van der Waals surface area contributed by atoms with E-state index < -0.39 is 0 Å². The number of aromatic nitrogens is 2. The molecule has 37 heavy (non-hydrogen) atoms. The van der Waals surface area contributed by atoms with Gasteiger partial charge in [0.15, 0.2) is 5.16 Å². The number of benzene rings is 2. The summed E-state index contributed by atoms with van der Waals surface area (Å²) in [4.78, 5) is 33.8. The molecule has 6 nitrogen and oxygen atoms in total. The van der Waals surface area contributed by atoms with E-state index >= 15 is 0 Å². The number of carbonyl (C=O) groups is 1. The SMILES string of the molecule is COc1cccc(-n2c(SCC(=O)Nc3ccc(C(C)C)cc3)nc3sc4c(c3c2=O)CCCCC4)c1. The number of hydrogen-bond donors (Lipinski definition) is 1. The van der Waals surface area contributed by atoms with Gasteiger partial charge >= 0.3 is 0 Å². The number of nitrogens with one attached hydrogen (secondary N) is 1. The Morgan fingerprint density at radius 1 is 1.14 bits per heavy atom. The quantitative estimate of drug-likeness (QED) is 0.165. The zero-order valence-electron chi connectivity index (χ0n) is 21.4. The minimum Gasteiger partial charge on any atom is -0.497 e. The minimum absolute atomic E-state index is 0.0789. The molecule has 4 aromatic rings. The van der Waals surface area contributed by atoms with E-state index in [1.807, 2.05) is 48.5 Å². The fraction of sp³-hybridized carbons (Fsp3) is 0.345. The smallest absolute Gasteiger partial charge is 0.267 e. The zero-order valence-corrected chi connectivity index (χ0v) is 23.0. The van der Waals surface area contributed by atoms with Gasteiger partial charge in [-0.1, -0.05) is 50.2 Å². The van der Waals surface area contributed by atoms with Crippen LogP contribution >= 0.6 is 23.1 Å². The Morgan fingerprint density at radius 3 is 2.68 bits per heavy atom. The first-order chi connectivity index (χ1) is 17.9. The van der Waals surface area contributed by atoms with Gasteiger partial charge in [-0.05, 0) is 67.0 Å². The molecule has 192 valence electrons. The highest BCUT2D eigenvalue weighted by atomic mass is 32.2. The lowest BCUT2D eigenvalue weighted by Gasteiger charge is -2.14. The molecule has 1 N–H and O–H groups in total. The molecule has 0 aliphatic heterocycles. The third-order valence-electron chi connectivity index (χ3n) is 6.71. The molecular formula is C29H31N3O3S2. The van der Waals surface area contributed by atoms with Crippen LogP contribution in [0.3, 0.4) is 0 Å². The number of rotatable bonds is 7. The number of fused-ring (bicyclic) bond motifs is 3. The van der Waals surface area contributed by atoms with Crippen LogP contribution in [-0.4, -0.2) is 28.3 Å². The minimum atomic E-state index is -0.143. The third-order valence-corrected chi connectivity index (χ3v) is 8.84. The van der Waals surface area contributed by atoms with Crippen molar-refractivity contribution in [2.75, 3.05) is 18.2 Å². The van der Waals surface area contributed by atoms with E-state index in [4.69, 9.17) is 9.72 Å². The molecule has 1 aliphatic rings. The second-order valence-corrected chi connectivity index (χ2v) is 11.6. The van der Waals surface area contributed by atoms with E-state index in [1.54, 1.807) is 23.0 Å². The normalized spacial score (nSPS) is 13.4. The van der Waals surface area contributed by atoms with Crippen molar-refractivity contribution in [2.24, 2.45) is 0 Å². The molecule has 0 bridgehead atoms. The second-order valence-electron chi connectivity index (χ2n) is 9.59. The molecule has 2 heterocycles. The number of nitrogens with zero attached hydrogens (tertiary/aromatic N) is 2. The fourth-order valence-electron chi connectivity index (χ4n) is 4.72. The average molecular weight is 534 g/mol. The second kappa shape index (κ2) is 11.1. The molecule has 0 spiro atoms. The van der Waals surface area contributed by atoms with Crippen LogP contribution in [0.1, 0.15) is 55.0 Å². The molecule has 0 radical (unpaired) electrons. The van der Waals surface area contributed by atoms with Gasteiger partial charge in [0.25, 0.3) is 5.56 Å².